The molecule has 0 fully saturated rings. The van der Waals surface area contributed by atoms with E-state index in [2.05, 4.69) is 17.4 Å². The van der Waals surface area contributed by atoms with Crippen LogP contribution in [0.2, 0.25) is 0 Å². The summed E-state index contributed by atoms with van der Waals surface area (Å²) < 4.78 is 10.6. The van der Waals surface area contributed by atoms with Gasteiger partial charge in [0.2, 0.25) is 0 Å². The molecule has 3 nitrogen and oxygen atoms in total. The van der Waals surface area contributed by atoms with E-state index in [1.807, 2.05) is 43.4 Å². The van der Waals surface area contributed by atoms with Crippen molar-refractivity contribution in [2.24, 2.45) is 0 Å². The van der Waals surface area contributed by atoms with E-state index in [9.17, 15) is 0 Å². The highest BCUT2D eigenvalue weighted by atomic mass is 16.5. The second kappa shape index (κ2) is 6.25. The van der Waals surface area contributed by atoms with Gasteiger partial charge in [-0.15, -0.1) is 0 Å². The minimum Gasteiger partial charge on any atom is -0.497 e. The first kappa shape index (κ1) is 13.4. The van der Waals surface area contributed by atoms with Crippen LogP contribution in [-0.4, -0.2) is 21.3 Å². The molecular formula is C16H19NO2. The van der Waals surface area contributed by atoms with Crippen LogP contribution in [0.25, 0.3) is 0 Å². The summed E-state index contributed by atoms with van der Waals surface area (Å²) in [5.41, 5.74) is 2.32. The first-order chi connectivity index (χ1) is 9.28. The highest BCUT2D eigenvalue weighted by molar-refractivity contribution is 5.39. The molecule has 1 N–H and O–H groups in total. The van der Waals surface area contributed by atoms with Crippen molar-refractivity contribution in [2.75, 3.05) is 21.3 Å². The molecule has 0 aliphatic heterocycles. The molecule has 2 aromatic rings. The van der Waals surface area contributed by atoms with Gasteiger partial charge in [-0.25, -0.2) is 0 Å². The maximum atomic E-state index is 5.28. The first-order valence-electron chi connectivity index (χ1n) is 6.23. The van der Waals surface area contributed by atoms with Crippen LogP contribution in [0.4, 0.5) is 0 Å². The Morgan fingerprint density at radius 2 is 1.32 bits per heavy atom. The molecule has 0 unspecified atom stereocenters. The van der Waals surface area contributed by atoms with Gasteiger partial charge in [0.15, 0.2) is 0 Å². The van der Waals surface area contributed by atoms with Crippen LogP contribution in [-0.2, 0) is 0 Å². The van der Waals surface area contributed by atoms with E-state index in [1.165, 1.54) is 0 Å². The highest BCUT2D eigenvalue weighted by Crippen LogP contribution is 2.27. The van der Waals surface area contributed by atoms with Crippen LogP contribution in [0.1, 0.15) is 17.2 Å². The van der Waals surface area contributed by atoms with Crippen molar-refractivity contribution in [1.29, 1.82) is 0 Å². The van der Waals surface area contributed by atoms with E-state index in [0.717, 1.165) is 22.6 Å². The van der Waals surface area contributed by atoms with Gasteiger partial charge in [-0.2, -0.15) is 0 Å². The number of hydrogen-bond acceptors (Lipinski definition) is 3. The summed E-state index contributed by atoms with van der Waals surface area (Å²) in [6.45, 7) is 0. The summed E-state index contributed by atoms with van der Waals surface area (Å²) >= 11 is 0. The summed E-state index contributed by atoms with van der Waals surface area (Å²) in [7, 11) is 5.31. The molecule has 0 atom stereocenters. The molecule has 3 heteroatoms. The lowest BCUT2D eigenvalue weighted by molar-refractivity contribution is 0.412. The standard InChI is InChI=1S/C16H19NO2/c1-17-16(12-6-4-8-14(10-12)18-2)13-7-5-9-15(11-13)19-3/h4-11,16-17H,1-3H3. The third-order valence-electron chi connectivity index (χ3n) is 3.14. The lowest BCUT2D eigenvalue weighted by Gasteiger charge is -2.18. The van der Waals surface area contributed by atoms with Crippen LogP contribution in [0, 0.1) is 0 Å². The van der Waals surface area contributed by atoms with Gasteiger partial charge in [0.05, 0.1) is 20.3 Å². The smallest absolute Gasteiger partial charge is 0.119 e. The van der Waals surface area contributed by atoms with Gasteiger partial charge < -0.3 is 14.8 Å². The molecule has 2 aromatic carbocycles. The molecule has 0 radical (unpaired) electrons. The summed E-state index contributed by atoms with van der Waals surface area (Å²) in [5, 5.41) is 3.33. The number of ether oxygens (including phenoxy) is 2. The molecule has 0 heterocycles. The largest absolute Gasteiger partial charge is 0.497 e. The topological polar surface area (TPSA) is 30.5 Å². The Morgan fingerprint density at radius 3 is 1.68 bits per heavy atom. The number of methoxy groups -OCH3 is 2. The average molecular weight is 257 g/mol. The molecule has 0 saturated heterocycles. The van der Waals surface area contributed by atoms with Gasteiger partial charge >= 0.3 is 0 Å². The lowest BCUT2D eigenvalue weighted by Crippen LogP contribution is -2.17. The highest BCUT2D eigenvalue weighted by Gasteiger charge is 2.13. The van der Waals surface area contributed by atoms with Crippen molar-refractivity contribution in [3.63, 3.8) is 0 Å². The number of rotatable bonds is 5. The molecular weight excluding hydrogens is 238 g/mol. The number of nitrogens with one attached hydrogen (secondary N) is 1. The normalized spacial score (nSPS) is 10.5. The van der Waals surface area contributed by atoms with Crippen molar-refractivity contribution < 1.29 is 9.47 Å². The molecule has 0 amide bonds. The van der Waals surface area contributed by atoms with Crippen LogP contribution >= 0.6 is 0 Å². The van der Waals surface area contributed by atoms with Crippen molar-refractivity contribution in [2.45, 2.75) is 6.04 Å². The first-order valence-corrected chi connectivity index (χ1v) is 6.23. The van der Waals surface area contributed by atoms with E-state index in [4.69, 9.17) is 9.47 Å². The Kier molecular flexibility index (Phi) is 4.42. The molecule has 0 saturated carbocycles. The zero-order valence-corrected chi connectivity index (χ0v) is 11.5. The van der Waals surface area contributed by atoms with Gasteiger partial charge in [0, 0.05) is 0 Å². The second-order valence-electron chi connectivity index (χ2n) is 4.27. The Hall–Kier alpha value is -2.00. The Bertz CT molecular complexity index is 492. The van der Waals surface area contributed by atoms with Crippen LogP contribution in [0.3, 0.4) is 0 Å². The number of benzene rings is 2. The molecule has 2 rings (SSSR count). The lowest BCUT2D eigenvalue weighted by atomic mass is 9.98. The van der Waals surface area contributed by atoms with Crippen molar-refractivity contribution >= 4 is 0 Å². The maximum Gasteiger partial charge on any atom is 0.119 e. The van der Waals surface area contributed by atoms with Gasteiger partial charge in [0.1, 0.15) is 11.5 Å². The third-order valence-corrected chi connectivity index (χ3v) is 3.14. The molecule has 19 heavy (non-hydrogen) atoms. The van der Waals surface area contributed by atoms with Crippen LogP contribution in [0.5, 0.6) is 11.5 Å². The van der Waals surface area contributed by atoms with Gasteiger partial charge in [0.25, 0.3) is 0 Å². The fourth-order valence-electron chi connectivity index (χ4n) is 2.17. The van der Waals surface area contributed by atoms with Crippen LogP contribution in [0.15, 0.2) is 48.5 Å². The van der Waals surface area contributed by atoms with E-state index in [-0.39, 0.29) is 6.04 Å². The molecule has 0 aliphatic carbocycles. The molecule has 100 valence electrons. The minimum absolute atomic E-state index is 0.116. The van der Waals surface area contributed by atoms with Gasteiger partial charge in [-0.1, -0.05) is 24.3 Å². The predicted octanol–water partition coefficient (Wildman–Crippen LogP) is 3.01. The zero-order chi connectivity index (χ0) is 13.7. The average Bonchev–Trinajstić information content (AvgIpc) is 2.48. The zero-order valence-electron chi connectivity index (χ0n) is 11.5. The molecule has 0 aromatic heterocycles. The number of hydrogen-bond donors (Lipinski definition) is 1. The van der Waals surface area contributed by atoms with Crippen molar-refractivity contribution in [3.05, 3.63) is 59.7 Å². The molecule has 0 aliphatic rings. The summed E-state index contributed by atoms with van der Waals surface area (Å²) in [5.74, 6) is 1.72. The van der Waals surface area contributed by atoms with E-state index in [1.54, 1.807) is 14.2 Å². The second-order valence-corrected chi connectivity index (χ2v) is 4.27. The summed E-state index contributed by atoms with van der Waals surface area (Å²) in [4.78, 5) is 0. The summed E-state index contributed by atoms with van der Waals surface area (Å²) in [6.07, 6.45) is 0. The van der Waals surface area contributed by atoms with Gasteiger partial charge in [-0.3, -0.25) is 0 Å². The predicted molar refractivity (Wildman–Crippen MR) is 76.9 cm³/mol. The monoisotopic (exact) mass is 257 g/mol. The van der Waals surface area contributed by atoms with Gasteiger partial charge in [-0.05, 0) is 42.4 Å². The third kappa shape index (κ3) is 3.06. The van der Waals surface area contributed by atoms with Crippen molar-refractivity contribution in [1.82, 2.24) is 5.32 Å². The molecule has 0 bridgehead atoms. The fourth-order valence-corrected chi connectivity index (χ4v) is 2.17. The maximum absolute atomic E-state index is 5.28. The minimum atomic E-state index is 0.116. The Labute approximate surface area is 114 Å². The molecule has 0 spiro atoms. The quantitative estimate of drug-likeness (QED) is 0.893. The fraction of sp³-hybridized carbons (Fsp3) is 0.250. The van der Waals surface area contributed by atoms with Crippen molar-refractivity contribution in [3.8, 4) is 11.5 Å². The van der Waals surface area contributed by atoms with E-state index in [0.29, 0.717) is 0 Å². The SMILES string of the molecule is CNC(c1cccc(OC)c1)c1cccc(OC)c1. The Morgan fingerprint density at radius 1 is 0.842 bits per heavy atom. The van der Waals surface area contributed by atoms with E-state index >= 15 is 0 Å². The summed E-state index contributed by atoms with van der Waals surface area (Å²) in [6, 6.07) is 16.3. The van der Waals surface area contributed by atoms with E-state index < -0.39 is 0 Å². The van der Waals surface area contributed by atoms with Crippen LogP contribution < -0.4 is 14.8 Å². The Balaban J connectivity index is 2.37.